The molecule has 0 bridgehead atoms. The first-order valence-electron chi connectivity index (χ1n) is 12.2. The van der Waals surface area contributed by atoms with Gasteiger partial charge in [0.05, 0.1) is 6.10 Å². The van der Waals surface area contributed by atoms with Crippen LogP contribution in [0.2, 0.25) is 0 Å². The van der Waals surface area contributed by atoms with E-state index < -0.39 is 6.10 Å². The summed E-state index contributed by atoms with van der Waals surface area (Å²) in [6, 6.07) is 10.4. The summed E-state index contributed by atoms with van der Waals surface area (Å²) in [5.41, 5.74) is 3.01. The van der Waals surface area contributed by atoms with Crippen LogP contribution in [0.25, 0.3) is 0 Å². The zero-order valence-corrected chi connectivity index (χ0v) is 20.8. The number of carbonyl (C=O) groups is 1. The molecule has 8 heteroatoms. The zero-order chi connectivity index (χ0) is 24.3. The molecule has 2 aliphatic rings. The summed E-state index contributed by atoms with van der Waals surface area (Å²) in [7, 11) is 0. The van der Waals surface area contributed by atoms with Gasteiger partial charge in [-0.05, 0) is 58.1 Å². The fraction of sp³-hybridized carbons (Fsp3) is 0.577. The zero-order valence-electron chi connectivity index (χ0n) is 20.8. The van der Waals surface area contributed by atoms with Crippen LogP contribution in [0.3, 0.4) is 0 Å². The number of aliphatic hydroxyl groups is 1. The van der Waals surface area contributed by atoms with E-state index in [0.29, 0.717) is 18.1 Å². The molecule has 1 saturated heterocycles. The third-order valence-corrected chi connectivity index (χ3v) is 6.62. The number of hydrogen-bond acceptors (Lipinski definition) is 7. The predicted octanol–water partition coefficient (Wildman–Crippen LogP) is 2.35. The lowest BCUT2D eigenvalue weighted by atomic mass is 9.79. The lowest BCUT2D eigenvalue weighted by Crippen LogP contribution is -2.60. The van der Waals surface area contributed by atoms with Crippen molar-refractivity contribution in [2.45, 2.75) is 76.7 Å². The molecule has 1 fully saturated rings. The van der Waals surface area contributed by atoms with Crippen LogP contribution in [-0.4, -0.2) is 68.7 Å². The number of anilines is 1. The Morgan fingerprint density at radius 3 is 2.62 bits per heavy atom. The van der Waals surface area contributed by atoms with Gasteiger partial charge in [0.15, 0.2) is 0 Å². The van der Waals surface area contributed by atoms with E-state index in [1.165, 1.54) is 17.5 Å². The first-order valence-corrected chi connectivity index (χ1v) is 12.2. The molecule has 3 heterocycles. The van der Waals surface area contributed by atoms with Crippen molar-refractivity contribution in [2.24, 2.45) is 0 Å². The van der Waals surface area contributed by atoms with E-state index >= 15 is 0 Å². The number of carbonyl (C=O) groups excluding carboxylic acids is 1. The van der Waals surface area contributed by atoms with Crippen molar-refractivity contribution in [3.05, 3.63) is 53.5 Å². The second kappa shape index (κ2) is 9.98. The van der Waals surface area contributed by atoms with E-state index in [1.807, 2.05) is 0 Å². The molecule has 4 N–H and O–H groups in total. The third kappa shape index (κ3) is 6.52. The van der Waals surface area contributed by atoms with Crippen molar-refractivity contribution in [1.29, 1.82) is 0 Å². The normalized spacial score (nSPS) is 20.9. The summed E-state index contributed by atoms with van der Waals surface area (Å²) in [6.45, 7) is 11.3. The SMILES string of the molecule is CC1(C)CC(Nc2cc(C(=O)NC[C@H](O)CN3CCc4ccccc4C3)ncn2)CC(C)(C)N1. The smallest absolute Gasteiger partial charge is 0.270 e. The van der Waals surface area contributed by atoms with Crippen LogP contribution >= 0.6 is 0 Å². The minimum Gasteiger partial charge on any atom is -0.390 e. The Balaban J connectivity index is 1.28. The second-order valence-corrected chi connectivity index (χ2v) is 11.0. The Labute approximate surface area is 202 Å². The molecule has 1 amide bonds. The van der Waals surface area contributed by atoms with E-state index in [9.17, 15) is 9.90 Å². The van der Waals surface area contributed by atoms with Gasteiger partial charge in [-0.2, -0.15) is 0 Å². The average Bonchev–Trinajstić information content (AvgIpc) is 2.75. The summed E-state index contributed by atoms with van der Waals surface area (Å²) < 4.78 is 0. The Bertz CT molecular complexity index is 992. The topological polar surface area (TPSA) is 102 Å². The van der Waals surface area contributed by atoms with Gasteiger partial charge in [-0.15, -0.1) is 0 Å². The molecular weight excluding hydrogens is 428 g/mol. The van der Waals surface area contributed by atoms with Crippen LogP contribution in [0.1, 0.15) is 62.2 Å². The predicted molar refractivity (Wildman–Crippen MR) is 134 cm³/mol. The molecule has 184 valence electrons. The van der Waals surface area contributed by atoms with Gasteiger partial charge < -0.3 is 21.1 Å². The molecule has 2 aliphatic heterocycles. The van der Waals surface area contributed by atoms with Crippen molar-refractivity contribution in [2.75, 3.05) is 25.0 Å². The third-order valence-electron chi connectivity index (χ3n) is 6.62. The number of benzene rings is 1. The number of nitrogens with one attached hydrogen (secondary N) is 3. The Hall–Kier alpha value is -2.55. The van der Waals surface area contributed by atoms with Crippen LogP contribution < -0.4 is 16.0 Å². The minimum absolute atomic E-state index is 0.0131. The highest BCUT2D eigenvalue weighted by molar-refractivity contribution is 5.92. The molecule has 0 saturated carbocycles. The van der Waals surface area contributed by atoms with Gasteiger partial charge in [-0.25, -0.2) is 9.97 Å². The van der Waals surface area contributed by atoms with E-state index in [4.69, 9.17) is 0 Å². The molecule has 0 radical (unpaired) electrons. The molecule has 2 aromatic rings. The maximum Gasteiger partial charge on any atom is 0.270 e. The molecule has 0 spiro atoms. The number of piperidine rings is 1. The summed E-state index contributed by atoms with van der Waals surface area (Å²) in [4.78, 5) is 23.4. The van der Waals surface area contributed by atoms with Crippen molar-refractivity contribution in [3.8, 4) is 0 Å². The lowest BCUT2D eigenvalue weighted by Gasteiger charge is -2.46. The van der Waals surface area contributed by atoms with E-state index in [0.717, 1.165) is 32.4 Å². The standard InChI is InChI=1S/C26H38N6O2/c1-25(2)12-20(13-26(3,4)31-25)30-23-11-22(28-17-29-23)24(34)27-14-21(33)16-32-10-9-18-7-5-6-8-19(18)15-32/h5-8,11,17,20-21,31,33H,9-10,12-16H2,1-4H3,(H,27,34)(H,28,29,30)/t21-/m0/s1. The van der Waals surface area contributed by atoms with E-state index in [-0.39, 0.29) is 29.6 Å². The number of β-amino-alcohol motifs (C(OH)–C–C–N with tert-alkyl or cyclic N) is 1. The summed E-state index contributed by atoms with van der Waals surface area (Å²) in [5.74, 6) is 0.339. The largest absolute Gasteiger partial charge is 0.390 e. The van der Waals surface area contributed by atoms with Gasteiger partial charge in [0.1, 0.15) is 17.8 Å². The molecular formula is C26H38N6O2. The molecule has 1 aromatic heterocycles. The Morgan fingerprint density at radius 2 is 1.88 bits per heavy atom. The molecule has 4 rings (SSSR count). The van der Waals surface area contributed by atoms with E-state index in [2.05, 4.69) is 82.8 Å². The van der Waals surface area contributed by atoms with Crippen LogP contribution in [0.5, 0.6) is 0 Å². The summed E-state index contributed by atoms with van der Waals surface area (Å²) >= 11 is 0. The Morgan fingerprint density at radius 1 is 1.18 bits per heavy atom. The molecule has 1 aromatic carbocycles. The first kappa shape index (κ1) is 24.6. The highest BCUT2D eigenvalue weighted by Crippen LogP contribution is 2.30. The first-order chi connectivity index (χ1) is 16.1. The minimum atomic E-state index is -0.646. The number of amides is 1. The van der Waals surface area contributed by atoms with Crippen LogP contribution in [0.15, 0.2) is 36.7 Å². The van der Waals surface area contributed by atoms with Crippen LogP contribution in [0.4, 0.5) is 5.82 Å². The number of nitrogens with zero attached hydrogens (tertiary/aromatic N) is 3. The number of rotatable bonds is 7. The van der Waals surface area contributed by atoms with Gasteiger partial charge in [-0.1, -0.05) is 24.3 Å². The number of aliphatic hydroxyl groups excluding tert-OH is 1. The molecule has 8 nitrogen and oxygen atoms in total. The highest BCUT2D eigenvalue weighted by Gasteiger charge is 2.37. The summed E-state index contributed by atoms with van der Waals surface area (Å²) in [6.07, 6.45) is 3.66. The second-order valence-electron chi connectivity index (χ2n) is 11.0. The van der Waals surface area contributed by atoms with Crippen molar-refractivity contribution < 1.29 is 9.90 Å². The van der Waals surface area contributed by atoms with Gasteiger partial charge in [0.2, 0.25) is 0 Å². The highest BCUT2D eigenvalue weighted by atomic mass is 16.3. The number of aromatic nitrogens is 2. The maximum absolute atomic E-state index is 12.7. The van der Waals surface area contributed by atoms with Crippen molar-refractivity contribution >= 4 is 11.7 Å². The van der Waals surface area contributed by atoms with Crippen molar-refractivity contribution in [1.82, 2.24) is 25.5 Å². The van der Waals surface area contributed by atoms with Gasteiger partial charge in [-0.3, -0.25) is 9.69 Å². The molecule has 0 aliphatic carbocycles. The fourth-order valence-corrected chi connectivity index (χ4v) is 5.57. The van der Waals surface area contributed by atoms with E-state index in [1.54, 1.807) is 6.07 Å². The van der Waals surface area contributed by atoms with Gasteiger partial charge >= 0.3 is 0 Å². The number of hydrogen-bond donors (Lipinski definition) is 4. The Kier molecular flexibility index (Phi) is 7.21. The van der Waals surface area contributed by atoms with Gasteiger partial charge in [0.25, 0.3) is 5.91 Å². The van der Waals surface area contributed by atoms with Gasteiger partial charge in [0, 0.05) is 49.4 Å². The maximum atomic E-state index is 12.7. The fourth-order valence-electron chi connectivity index (χ4n) is 5.57. The molecule has 0 unspecified atom stereocenters. The average molecular weight is 467 g/mol. The number of fused-ring (bicyclic) bond motifs is 1. The van der Waals surface area contributed by atoms with Crippen molar-refractivity contribution in [3.63, 3.8) is 0 Å². The molecule has 34 heavy (non-hydrogen) atoms. The quantitative estimate of drug-likeness (QED) is 0.497. The molecule has 1 atom stereocenters. The lowest BCUT2D eigenvalue weighted by molar-refractivity contribution is 0.0838. The summed E-state index contributed by atoms with van der Waals surface area (Å²) in [5, 5.41) is 20.5. The van der Waals surface area contributed by atoms with Crippen LogP contribution in [-0.2, 0) is 13.0 Å². The monoisotopic (exact) mass is 466 g/mol. The van der Waals surface area contributed by atoms with Crippen LogP contribution in [0, 0.1) is 0 Å².